The Morgan fingerprint density at radius 1 is 0.655 bits per heavy atom. The summed E-state index contributed by atoms with van der Waals surface area (Å²) in [7, 11) is 3.06. The van der Waals surface area contributed by atoms with Gasteiger partial charge in [0.2, 0.25) is 19.4 Å². The number of nitrogens with zero attached hydrogens (tertiary/aromatic N) is 6. The number of thioether (sulfide) groups is 2. The predicted octanol–water partition coefficient (Wildman–Crippen LogP) is 12.2. The van der Waals surface area contributed by atoms with Crippen LogP contribution in [0.2, 0.25) is 0 Å². The number of nitrogens with one attached hydrogen (secondary N) is 3. The van der Waals surface area contributed by atoms with Gasteiger partial charge in [0.25, 0.3) is 0 Å². The van der Waals surface area contributed by atoms with Gasteiger partial charge in [0.05, 0.1) is 72.5 Å². The minimum Gasteiger partial charge on any atom is -0.504 e. The third-order valence-corrected chi connectivity index (χ3v) is 28.0. The second kappa shape index (κ2) is 32.4. The van der Waals surface area contributed by atoms with Gasteiger partial charge < -0.3 is 73.3 Å². The van der Waals surface area contributed by atoms with E-state index in [0.717, 1.165) is 73.9 Å². The maximum absolute atomic E-state index is 15.0. The SMILES string of the molecule is C.C.C=CCN1[C@@H]2c3c(cc(C)c(OC)c3O)C[C@H]1[C@H](C#N)N1C2[C@@H]2SCC(=O)C(=O)OC[C@H]1c1c3c(c(C)c(OC(C)=O)c12)OCO3.C=CCN1[C@@H]2c3c(cc(C)c(OC)c3O)C[C@H]1[C@H](C#N)N1C2[C@@H]2SC[C@]3(NCCc4c3[nH]c3ccc(C)cc43)C(=O)OC[C@H]1c1c3c(c(C)c(OC(C)=O)c12)OCO3.Cc1ccc2[nH]cc(CCN)c2c1. The molecule has 27 nitrogen and oxygen atoms in total. The summed E-state index contributed by atoms with van der Waals surface area (Å²) < 4.78 is 60.1. The smallest absolute Gasteiger partial charge is 0.375 e. The van der Waals surface area contributed by atoms with Crippen molar-refractivity contribution in [3.63, 3.8) is 0 Å². The van der Waals surface area contributed by atoms with Gasteiger partial charge in [0.1, 0.15) is 36.8 Å². The van der Waals surface area contributed by atoms with E-state index in [2.05, 4.69) is 123 Å². The summed E-state index contributed by atoms with van der Waals surface area (Å²) in [6.45, 7) is 24.0. The number of nitriles is 2. The van der Waals surface area contributed by atoms with Crippen molar-refractivity contribution in [2.75, 3.05) is 78.7 Å². The maximum Gasteiger partial charge on any atom is 0.375 e. The number of benzene rings is 6. The molecule has 12 aliphatic rings. The number of aromatic nitrogens is 2. The minimum absolute atomic E-state index is 0. The van der Waals surface area contributed by atoms with Gasteiger partial charge in [-0.15, -0.1) is 36.7 Å². The van der Waals surface area contributed by atoms with Gasteiger partial charge in [0.15, 0.2) is 51.5 Å². The minimum atomic E-state index is -1.26. The van der Waals surface area contributed by atoms with Crippen LogP contribution in [0.15, 0.2) is 80.0 Å². The van der Waals surface area contributed by atoms with Gasteiger partial charge in [0, 0.05) is 136 Å². The average Bonchev–Trinajstić information content (AvgIpc) is 1.46. The number of ether oxygens (including phenoxy) is 10. The van der Waals surface area contributed by atoms with Crippen LogP contribution >= 0.6 is 23.5 Å². The van der Waals surface area contributed by atoms with E-state index < -0.39 is 94.0 Å². The molecule has 0 saturated carbocycles. The lowest BCUT2D eigenvalue weighted by atomic mass is 9.71. The predicted molar refractivity (Wildman–Crippen MR) is 449 cm³/mol. The first-order valence-corrected chi connectivity index (χ1v) is 41.4. The van der Waals surface area contributed by atoms with Gasteiger partial charge >= 0.3 is 23.9 Å². The van der Waals surface area contributed by atoms with Crippen LogP contribution in [-0.2, 0) is 64.7 Å². The number of fused-ring (bicyclic) bond motifs is 21. The lowest BCUT2D eigenvalue weighted by molar-refractivity contribution is -0.157. The summed E-state index contributed by atoms with van der Waals surface area (Å²) in [5.74, 6) is 0.105. The highest BCUT2D eigenvalue weighted by Crippen LogP contribution is 2.68. The molecular weight excluding hydrogens is 1560 g/mol. The highest BCUT2D eigenvalue weighted by Gasteiger charge is 2.65. The number of aryl methyl sites for hydroxylation is 4. The second-order valence-electron chi connectivity index (χ2n) is 31.7. The molecule has 12 aliphatic heterocycles. The maximum atomic E-state index is 15.0. The number of ketones is 1. The Bertz CT molecular complexity index is 5630. The van der Waals surface area contributed by atoms with Crippen molar-refractivity contribution in [3.05, 3.63) is 175 Å². The lowest BCUT2D eigenvalue weighted by Gasteiger charge is -2.62. The topological polar surface area (TPSA) is 348 Å². The second-order valence-corrected chi connectivity index (χ2v) is 34.0. The molecular formula is C90H100N10O17S2. The molecule has 20 rings (SSSR count). The number of phenols is 2. The molecule has 119 heavy (non-hydrogen) atoms. The molecule has 13 atom stereocenters. The molecule has 14 heterocycles. The number of hydrogen-bond acceptors (Lipinski definition) is 27. The molecule has 2 aromatic heterocycles. The lowest BCUT2D eigenvalue weighted by Crippen LogP contribution is -2.70. The molecule has 4 fully saturated rings. The Balaban J connectivity index is 0.000000161. The first kappa shape index (κ1) is 83.3. The van der Waals surface area contributed by atoms with Crippen LogP contribution in [0, 0.1) is 64.2 Å². The first-order chi connectivity index (χ1) is 56.4. The number of piperazine rings is 2. The molecule has 8 aromatic rings. The van der Waals surface area contributed by atoms with Crippen LogP contribution in [0.4, 0.5) is 0 Å². The first-order valence-electron chi connectivity index (χ1n) is 39.3. The van der Waals surface area contributed by atoms with E-state index in [0.29, 0.717) is 113 Å². The Morgan fingerprint density at radius 3 is 1.65 bits per heavy atom. The molecule has 0 amide bonds. The zero-order chi connectivity index (χ0) is 82.2. The normalized spacial score (nSPS) is 25.7. The Morgan fingerprint density at radius 2 is 1.15 bits per heavy atom. The zero-order valence-corrected chi connectivity index (χ0v) is 68.3. The third-order valence-electron chi connectivity index (χ3n) is 25.2. The van der Waals surface area contributed by atoms with Crippen molar-refractivity contribution in [2.24, 2.45) is 5.73 Å². The van der Waals surface area contributed by atoms with Crippen molar-refractivity contribution < 1.29 is 81.6 Å². The molecule has 4 saturated heterocycles. The number of carbonyl (C=O) groups excluding carboxylic acids is 5. The van der Waals surface area contributed by atoms with Gasteiger partial charge in [-0.3, -0.25) is 39.3 Å². The van der Waals surface area contributed by atoms with E-state index in [4.69, 9.17) is 53.1 Å². The average molecular weight is 1660 g/mol. The van der Waals surface area contributed by atoms with Crippen LogP contribution in [0.5, 0.6) is 57.5 Å². The van der Waals surface area contributed by atoms with Crippen molar-refractivity contribution in [3.8, 4) is 69.6 Å². The number of cyclic esters (lactones) is 1. The number of nitrogens with two attached hydrogens (primary N) is 1. The standard InChI is InChI=1S/C44H45N5O8S.C33H33N3O9S.C11H14N2.2CH4/c1-7-12-48-28-15-24-14-21(3)37(53-6)36(51)31(24)34(48)35-41-33-32(40-39(55-19-56-40)22(4)38(33)57-23(5)50)30(49(35)29(28)16-45)17-54-43(52)44(18-58-41)42-25(10-11-46-44)26-13-20(2)8-9-27(26)47-42;1-6-7-35-18-9-17-8-14(2)28(41-5)27(39)22(17)25(35)26-32-24-23(31-30(43-13-44-31)15(3)29(24)45-16(4)37)20(36(26)19(18)10-34)11-42-33(40)21(38)12-46-32;1-8-2-3-11-10(6-8)9(4-5-12)7-13-11;;/h7-9,13-14,28-30,34-35,41,46-47,51H,1,10-12,15,17-19H2,2-6H3;6,8,18-20,25-26,32,39H,1,7,9,11-13H2,2-5H3;2-3,6-7,13H,4-5,12H2,1H3;2*1H4/t28-,29-,30-,34+,35?,41+,44+;18-,19-,20-,25+,26?,32+;;;/m00.../s1. The molecule has 2 unspecified atom stereocenters. The van der Waals surface area contributed by atoms with Gasteiger partial charge in [-0.05, 0) is 131 Å². The van der Waals surface area contributed by atoms with Crippen LogP contribution in [0.1, 0.15) is 158 Å². The van der Waals surface area contributed by atoms with Crippen molar-refractivity contribution in [2.45, 2.75) is 172 Å². The molecule has 7 N–H and O–H groups in total. The fraction of sp³-hybridized carbons (Fsp3) is 0.433. The third kappa shape index (κ3) is 13.1. The fourth-order valence-electron chi connectivity index (χ4n) is 20.8. The highest BCUT2D eigenvalue weighted by atomic mass is 32.2. The monoisotopic (exact) mass is 1660 g/mol. The number of phenolic OH excluding ortho intramolecular Hbond substituents is 2. The summed E-state index contributed by atoms with van der Waals surface area (Å²) in [5, 5.41) is 51.2. The van der Waals surface area contributed by atoms with E-state index in [1.807, 2.05) is 32.9 Å². The van der Waals surface area contributed by atoms with Gasteiger partial charge in [-0.2, -0.15) is 10.5 Å². The number of carbonyl (C=O) groups is 5. The van der Waals surface area contributed by atoms with E-state index in [1.165, 1.54) is 54.7 Å². The number of aromatic hydroxyl groups is 2. The van der Waals surface area contributed by atoms with Crippen molar-refractivity contribution >= 4 is 75.0 Å². The van der Waals surface area contributed by atoms with Crippen LogP contribution in [0.25, 0.3) is 21.8 Å². The molecule has 0 radical (unpaired) electrons. The summed E-state index contributed by atoms with van der Waals surface area (Å²) >= 11 is 2.76. The number of esters is 4. The Hall–Kier alpha value is -10.7. The summed E-state index contributed by atoms with van der Waals surface area (Å²) in [6.07, 6.45) is 8.28. The molecule has 29 heteroatoms. The quantitative estimate of drug-likeness (QED) is 0.0320. The molecule has 1 spiro atoms. The van der Waals surface area contributed by atoms with E-state index in [1.54, 1.807) is 31.9 Å². The summed E-state index contributed by atoms with van der Waals surface area (Å²) in [5.41, 5.74) is 20.6. The largest absolute Gasteiger partial charge is 0.504 e. The summed E-state index contributed by atoms with van der Waals surface area (Å²) in [6, 6.07) is 16.3. The Labute approximate surface area is 699 Å². The number of methoxy groups -OCH3 is 2. The zero-order valence-electron chi connectivity index (χ0n) is 66.7. The molecule has 8 bridgehead atoms. The van der Waals surface area contributed by atoms with E-state index in [-0.39, 0.29) is 82.5 Å². The van der Waals surface area contributed by atoms with Crippen molar-refractivity contribution in [1.82, 2.24) is 34.9 Å². The molecule has 624 valence electrons. The van der Waals surface area contributed by atoms with Crippen LogP contribution in [0.3, 0.4) is 0 Å². The van der Waals surface area contributed by atoms with Crippen molar-refractivity contribution in [1.29, 1.82) is 10.5 Å². The van der Waals surface area contributed by atoms with Gasteiger partial charge in [-0.1, -0.05) is 62.4 Å². The van der Waals surface area contributed by atoms with Crippen LogP contribution < -0.4 is 48.9 Å². The van der Waals surface area contributed by atoms with Crippen LogP contribution in [-0.4, -0.2) is 184 Å². The number of H-pyrrole nitrogens is 2. The number of Topliss-reactive ketones (excluding diaryl/α,β-unsaturated/α-hetero) is 1. The van der Waals surface area contributed by atoms with E-state index >= 15 is 0 Å². The number of aromatic amines is 2. The van der Waals surface area contributed by atoms with E-state index in [9.17, 15) is 44.7 Å². The van der Waals surface area contributed by atoms with Gasteiger partial charge in [-0.25, -0.2) is 9.59 Å². The number of rotatable bonds is 10. The number of hydrogen-bond donors (Lipinski definition) is 6. The summed E-state index contributed by atoms with van der Waals surface area (Å²) in [4.78, 5) is 82.0. The Kier molecular flexibility index (Phi) is 22.7. The highest BCUT2D eigenvalue weighted by molar-refractivity contribution is 8.00. The molecule has 0 aliphatic carbocycles. The fourth-order valence-corrected chi connectivity index (χ4v) is 23.8. The molecule has 6 aromatic carbocycles.